The van der Waals surface area contributed by atoms with Crippen LogP contribution in [0.2, 0.25) is 0 Å². The van der Waals surface area contributed by atoms with Crippen LogP contribution in [0.25, 0.3) is 11.2 Å². The van der Waals surface area contributed by atoms with Gasteiger partial charge in [0, 0.05) is 6.92 Å². The van der Waals surface area contributed by atoms with Gasteiger partial charge in [0.15, 0.2) is 10.5 Å². The minimum Gasteiger partial charge on any atom is -0.349 e. The number of ketones is 1. The summed E-state index contributed by atoms with van der Waals surface area (Å²) in [5.41, 5.74) is 0.946. The van der Waals surface area contributed by atoms with E-state index in [-0.39, 0.29) is 11.5 Å². The largest absolute Gasteiger partial charge is 0.349 e. The van der Waals surface area contributed by atoms with Crippen LogP contribution in [0, 0.1) is 0 Å². The van der Waals surface area contributed by atoms with Gasteiger partial charge in [-0.25, -0.2) is 0 Å². The van der Waals surface area contributed by atoms with Crippen LogP contribution < -0.4 is 0 Å². The number of carbonyl (C=O) groups excluding carboxylic acids is 1. The van der Waals surface area contributed by atoms with Crippen LogP contribution >= 0.6 is 15.9 Å². The zero-order valence-electron chi connectivity index (χ0n) is 6.09. The van der Waals surface area contributed by atoms with E-state index in [0.717, 1.165) is 0 Å². The SMILES string of the molecule is CC(=O)c1onc2nc(Br)[nH]c12. The molecule has 0 saturated carbocycles. The number of halogens is 1. The Hall–Kier alpha value is -1.17. The van der Waals surface area contributed by atoms with Crippen molar-refractivity contribution in [3.63, 3.8) is 0 Å². The first-order valence-corrected chi connectivity index (χ1v) is 3.99. The molecule has 0 unspecified atom stereocenters. The fourth-order valence-electron chi connectivity index (χ4n) is 0.935. The van der Waals surface area contributed by atoms with E-state index in [1.165, 1.54) is 6.92 Å². The lowest BCUT2D eigenvalue weighted by Crippen LogP contribution is -1.88. The predicted octanol–water partition coefficient (Wildman–Crippen LogP) is 1.52. The molecule has 0 aromatic carbocycles. The quantitative estimate of drug-likeness (QED) is 0.753. The number of carbonyl (C=O) groups is 1. The summed E-state index contributed by atoms with van der Waals surface area (Å²) in [6.07, 6.45) is 0. The molecule has 0 radical (unpaired) electrons. The van der Waals surface area contributed by atoms with Crippen molar-refractivity contribution in [2.45, 2.75) is 6.92 Å². The van der Waals surface area contributed by atoms with E-state index in [4.69, 9.17) is 4.52 Å². The molecule has 0 saturated heterocycles. The number of imidazole rings is 1. The molecule has 6 heteroatoms. The molecule has 0 aliphatic carbocycles. The summed E-state index contributed by atoms with van der Waals surface area (Å²) in [7, 11) is 0. The molecule has 0 amide bonds. The van der Waals surface area contributed by atoms with Gasteiger partial charge < -0.3 is 9.51 Å². The highest BCUT2D eigenvalue weighted by atomic mass is 79.9. The van der Waals surface area contributed by atoms with Crippen molar-refractivity contribution >= 4 is 32.9 Å². The molecule has 2 heterocycles. The van der Waals surface area contributed by atoms with Gasteiger partial charge in [0.05, 0.1) is 0 Å². The van der Waals surface area contributed by atoms with Gasteiger partial charge in [-0.15, -0.1) is 0 Å². The maximum absolute atomic E-state index is 10.9. The number of H-pyrrole nitrogens is 1. The van der Waals surface area contributed by atoms with Crippen LogP contribution in [-0.4, -0.2) is 20.9 Å². The normalized spacial score (nSPS) is 10.8. The third-order valence-electron chi connectivity index (χ3n) is 1.43. The Kier molecular flexibility index (Phi) is 1.50. The molecule has 1 N–H and O–H groups in total. The fourth-order valence-corrected chi connectivity index (χ4v) is 1.30. The number of fused-ring (bicyclic) bond motifs is 1. The Morgan fingerprint density at radius 3 is 3.08 bits per heavy atom. The Balaban J connectivity index is 2.76. The summed E-state index contributed by atoms with van der Waals surface area (Å²) in [6, 6.07) is 0. The lowest BCUT2D eigenvalue weighted by atomic mass is 10.3. The molecule has 0 atom stereocenters. The van der Waals surface area contributed by atoms with E-state index < -0.39 is 0 Å². The number of rotatable bonds is 1. The number of aromatic amines is 1. The lowest BCUT2D eigenvalue weighted by molar-refractivity contribution is 0.0980. The number of Topliss-reactive ketones (excluding diaryl/α,β-unsaturated/α-hetero) is 1. The fraction of sp³-hybridized carbons (Fsp3) is 0.167. The average molecular weight is 230 g/mol. The van der Waals surface area contributed by atoms with Crippen molar-refractivity contribution < 1.29 is 9.32 Å². The van der Waals surface area contributed by atoms with E-state index in [0.29, 0.717) is 15.9 Å². The second-order valence-electron chi connectivity index (χ2n) is 2.29. The zero-order chi connectivity index (χ0) is 8.72. The second-order valence-corrected chi connectivity index (χ2v) is 3.05. The van der Waals surface area contributed by atoms with Gasteiger partial charge in [-0.2, -0.15) is 4.98 Å². The molecule has 0 fully saturated rings. The van der Waals surface area contributed by atoms with E-state index in [9.17, 15) is 4.79 Å². The number of aromatic nitrogens is 3. The standard InChI is InChI=1S/C6H4BrN3O2/c1-2(11)4-3-5(10-12-4)9-6(7)8-3/h1H3,(H,8,9,10). The van der Waals surface area contributed by atoms with Crippen molar-refractivity contribution in [3.05, 3.63) is 10.5 Å². The number of nitrogens with one attached hydrogen (secondary N) is 1. The second kappa shape index (κ2) is 2.41. The smallest absolute Gasteiger partial charge is 0.227 e. The first-order valence-electron chi connectivity index (χ1n) is 3.20. The maximum Gasteiger partial charge on any atom is 0.227 e. The van der Waals surface area contributed by atoms with Gasteiger partial charge in [-0.1, -0.05) is 5.16 Å². The molecule has 62 valence electrons. The molecular formula is C6H4BrN3O2. The molecule has 2 aromatic heterocycles. The molecule has 0 aliphatic rings. The highest BCUT2D eigenvalue weighted by Crippen LogP contribution is 2.18. The van der Waals surface area contributed by atoms with Crippen LogP contribution in [0.15, 0.2) is 9.26 Å². The van der Waals surface area contributed by atoms with Gasteiger partial charge in [-0.3, -0.25) is 4.79 Å². The summed E-state index contributed by atoms with van der Waals surface area (Å²) in [5, 5.41) is 3.59. The first-order chi connectivity index (χ1) is 5.68. The van der Waals surface area contributed by atoms with Crippen LogP contribution in [0.4, 0.5) is 0 Å². The summed E-state index contributed by atoms with van der Waals surface area (Å²) < 4.78 is 5.30. The van der Waals surface area contributed by atoms with Crippen molar-refractivity contribution in [2.75, 3.05) is 0 Å². The minimum absolute atomic E-state index is 0.173. The Bertz CT molecular complexity index is 445. The van der Waals surface area contributed by atoms with Gasteiger partial charge in [0.25, 0.3) is 0 Å². The van der Waals surface area contributed by atoms with E-state index in [2.05, 4.69) is 31.1 Å². The number of nitrogens with zero attached hydrogens (tertiary/aromatic N) is 2. The Morgan fingerprint density at radius 1 is 1.67 bits per heavy atom. The molecule has 2 rings (SSSR count). The highest BCUT2D eigenvalue weighted by Gasteiger charge is 2.15. The minimum atomic E-state index is -0.173. The van der Waals surface area contributed by atoms with Crippen LogP contribution in [0.1, 0.15) is 17.5 Å². The van der Waals surface area contributed by atoms with Crippen LogP contribution in [0.3, 0.4) is 0 Å². The van der Waals surface area contributed by atoms with Crippen LogP contribution in [0.5, 0.6) is 0 Å². The van der Waals surface area contributed by atoms with E-state index >= 15 is 0 Å². The predicted molar refractivity (Wildman–Crippen MR) is 43.9 cm³/mol. The summed E-state index contributed by atoms with van der Waals surface area (Å²) in [6.45, 7) is 1.41. The topological polar surface area (TPSA) is 71.8 Å². The highest BCUT2D eigenvalue weighted by molar-refractivity contribution is 9.10. The van der Waals surface area contributed by atoms with Crippen molar-refractivity contribution in [1.82, 2.24) is 15.1 Å². The summed E-state index contributed by atoms with van der Waals surface area (Å²) >= 11 is 3.13. The lowest BCUT2D eigenvalue weighted by Gasteiger charge is -1.82. The molecule has 12 heavy (non-hydrogen) atoms. The molecule has 5 nitrogen and oxygen atoms in total. The zero-order valence-corrected chi connectivity index (χ0v) is 7.67. The van der Waals surface area contributed by atoms with Crippen molar-refractivity contribution in [2.24, 2.45) is 0 Å². The molecule has 0 bridgehead atoms. The average Bonchev–Trinajstić information content (AvgIpc) is 2.43. The Morgan fingerprint density at radius 2 is 2.42 bits per heavy atom. The van der Waals surface area contributed by atoms with E-state index in [1.54, 1.807) is 0 Å². The number of hydrogen-bond donors (Lipinski definition) is 1. The Labute approximate surface area is 75.3 Å². The van der Waals surface area contributed by atoms with Gasteiger partial charge in [-0.05, 0) is 15.9 Å². The van der Waals surface area contributed by atoms with Gasteiger partial charge >= 0.3 is 0 Å². The van der Waals surface area contributed by atoms with Crippen molar-refractivity contribution in [3.8, 4) is 0 Å². The van der Waals surface area contributed by atoms with Gasteiger partial charge in [0.1, 0.15) is 5.52 Å². The van der Waals surface area contributed by atoms with Crippen molar-refractivity contribution in [1.29, 1.82) is 0 Å². The summed E-state index contributed by atoms with van der Waals surface area (Å²) in [5.74, 6) is 0.0388. The maximum atomic E-state index is 10.9. The first kappa shape index (κ1) is 7.48. The summed E-state index contributed by atoms with van der Waals surface area (Å²) in [4.78, 5) is 17.7. The number of hydrogen-bond acceptors (Lipinski definition) is 4. The van der Waals surface area contributed by atoms with Crippen LogP contribution in [-0.2, 0) is 0 Å². The van der Waals surface area contributed by atoms with Gasteiger partial charge in [0.2, 0.25) is 11.4 Å². The third kappa shape index (κ3) is 0.953. The molecule has 2 aromatic rings. The molecule has 0 aliphatic heterocycles. The third-order valence-corrected chi connectivity index (χ3v) is 1.80. The monoisotopic (exact) mass is 229 g/mol. The molecular weight excluding hydrogens is 226 g/mol. The van der Waals surface area contributed by atoms with E-state index in [1.807, 2.05) is 0 Å². The molecule has 0 spiro atoms.